The van der Waals surface area contributed by atoms with Crippen LogP contribution in [0.5, 0.6) is 0 Å². The van der Waals surface area contributed by atoms with Gasteiger partial charge in [0.25, 0.3) is 0 Å². The molecule has 44 heavy (non-hydrogen) atoms. The summed E-state index contributed by atoms with van der Waals surface area (Å²) in [5.41, 5.74) is 0. The van der Waals surface area contributed by atoms with E-state index in [0.29, 0.717) is 32.2 Å². The van der Waals surface area contributed by atoms with Crippen LogP contribution in [-0.4, -0.2) is 61.9 Å². The zero-order chi connectivity index (χ0) is 33.0. The molecule has 0 bridgehead atoms. The number of nitrogens with one attached hydrogen (secondary N) is 4. The van der Waals surface area contributed by atoms with Gasteiger partial charge in [-0.15, -0.1) is 0 Å². The summed E-state index contributed by atoms with van der Waals surface area (Å²) in [6.45, 7) is 8.27. The Labute approximate surface area is 267 Å². The molecule has 0 spiro atoms. The van der Waals surface area contributed by atoms with Crippen LogP contribution in [-0.2, 0) is 28.7 Å². The summed E-state index contributed by atoms with van der Waals surface area (Å²) in [5, 5.41) is 11.2. The number of hydrogen-bond donors (Lipinski definition) is 4. The van der Waals surface area contributed by atoms with Crippen LogP contribution >= 0.6 is 0 Å². The number of ether oxygens (including phenoxy) is 1. The van der Waals surface area contributed by atoms with Gasteiger partial charge in [0.2, 0.25) is 23.6 Å². The van der Waals surface area contributed by atoms with Crippen LogP contribution in [0.3, 0.4) is 0 Å². The highest BCUT2D eigenvalue weighted by molar-refractivity contribution is 5.90. The fourth-order valence-electron chi connectivity index (χ4n) is 4.98. The Morgan fingerprint density at radius 3 is 1.61 bits per heavy atom. The Morgan fingerprint density at radius 2 is 1.11 bits per heavy atom. The van der Waals surface area contributed by atoms with Crippen molar-refractivity contribution < 1.29 is 28.7 Å². The van der Waals surface area contributed by atoms with E-state index < -0.39 is 29.9 Å². The average molecular weight is 625 g/mol. The minimum absolute atomic E-state index is 0.0123. The third kappa shape index (κ3) is 23.8. The fraction of sp³-hybridized carbons (Fsp3) is 0.853. The van der Waals surface area contributed by atoms with Crippen LogP contribution in [0.15, 0.2) is 0 Å². The molecule has 0 aromatic rings. The molecule has 0 aromatic carbocycles. The molecule has 0 saturated heterocycles. The molecule has 0 saturated carbocycles. The van der Waals surface area contributed by atoms with E-state index in [4.69, 9.17) is 4.74 Å². The van der Waals surface area contributed by atoms with Crippen LogP contribution in [0.25, 0.3) is 0 Å². The highest BCUT2D eigenvalue weighted by Gasteiger charge is 2.27. The van der Waals surface area contributed by atoms with Gasteiger partial charge in [0.15, 0.2) is 0 Å². The molecule has 4 N–H and O–H groups in total. The lowest BCUT2D eigenvalue weighted by molar-refractivity contribution is -0.141. The van der Waals surface area contributed by atoms with E-state index in [9.17, 15) is 24.0 Å². The van der Waals surface area contributed by atoms with Gasteiger partial charge in [0.1, 0.15) is 6.04 Å². The Hall–Kier alpha value is -2.65. The molecule has 2 atom stereocenters. The van der Waals surface area contributed by atoms with Crippen LogP contribution in [0.2, 0.25) is 0 Å². The number of esters is 1. The van der Waals surface area contributed by atoms with E-state index in [2.05, 4.69) is 35.1 Å². The third-order valence-corrected chi connectivity index (χ3v) is 7.77. The van der Waals surface area contributed by atoms with Crippen molar-refractivity contribution in [2.45, 2.75) is 162 Å². The maximum absolute atomic E-state index is 13.1. The molecule has 0 aliphatic heterocycles. The summed E-state index contributed by atoms with van der Waals surface area (Å²) >= 11 is 0. The summed E-state index contributed by atoms with van der Waals surface area (Å²) in [5.74, 6) is -1.67. The molecule has 0 heterocycles. The van der Waals surface area contributed by atoms with Crippen molar-refractivity contribution in [1.29, 1.82) is 0 Å². The van der Waals surface area contributed by atoms with Gasteiger partial charge < -0.3 is 26.0 Å². The van der Waals surface area contributed by atoms with Crippen LogP contribution in [0, 0.1) is 5.92 Å². The van der Waals surface area contributed by atoms with Crippen molar-refractivity contribution in [3.8, 4) is 0 Å². The molecular weight excluding hydrogens is 560 g/mol. The molecule has 0 aliphatic rings. The first-order valence-corrected chi connectivity index (χ1v) is 17.3. The monoisotopic (exact) mass is 624 g/mol. The maximum Gasteiger partial charge on any atom is 0.307 e. The van der Waals surface area contributed by atoms with Crippen molar-refractivity contribution in [3.63, 3.8) is 0 Å². The normalized spacial score (nSPS) is 12.3. The summed E-state index contributed by atoms with van der Waals surface area (Å²) in [7, 11) is 1.30. The first-order valence-electron chi connectivity index (χ1n) is 17.3. The Kier molecular flexibility index (Phi) is 26.2. The second-order valence-corrected chi connectivity index (χ2v) is 12.3. The molecule has 0 fully saturated rings. The molecule has 0 unspecified atom stereocenters. The minimum atomic E-state index is -0.829. The molecule has 0 rings (SSSR count). The van der Waals surface area contributed by atoms with Crippen molar-refractivity contribution >= 4 is 29.6 Å². The summed E-state index contributed by atoms with van der Waals surface area (Å²) in [6.07, 6.45) is 17.8. The van der Waals surface area contributed by atoms with Gasteiger partial charge in [-0.05, 0) is 31.6 Å². The summed E-state index contributed by atoms with van der Waals surface area (Å²) in [6, 6.07) is -1.33. The molecule has 0 aliphatic carbocycles. The van der Waals surface area contributed by atoms with E-state index in [-0.39, 0.29) is 30.7 Å². The first kappa shape index (κ1) is 41.4. The number of unbranched alkanes of at least 4 members (excludes halogenated alkanes) is 12. The zero-order valence-electron chi connectivity index (χ0n) is 28.5. The maximum atomic E-state index is 13.1. The van der Waals surface area contributed by atoms with Gasteiger partial charge in [0, 0.05) is 25.4 Å². The Balaban J connectivity index is 4.57. The standard InChI is InChI=1S/C34H64N4O6/c1-6-8-10-12-14-16-18-22-29(39)35-24-20-21-28(25-32(42)44-5)37-34(43)33(27(3)4)38-31(41)26-36-30(40)23-19-17-15-13-11-9-7-2/h27-28,33H,6-26H2,1-5H3,(H,35,39)(H,36,40)(H,37,43)(H,38,41)/t28-,33-/m0/s1. The molecule has 10 nitrogen and oxygen atoms in total. The predicted molar refractivity (Wildman–Crippen MR) is 176 cm³/mol. The average Bonchev–Trinajstić information content (AvgIpc) is 2.99. The second-order valence-electron chi connectivity index (χ2n) is 12.3. The SMILES string of the molecule is CCCCCCCCCC(=O)NCCC[C@@H](CC(=O)OC)NC(=O)[C@@H](NC(=O)CNC(=O)CCCCCCCCC)C(C)C. The van der Waals surface area contributed by atoms with Gasteiger partial charge in [-0.25, -0.2) is 0 Å². The molecule has 4 amide bonds. The number of carbonyl (C=O) groups is 5. The molecule has 256 valence electrons. The predicted octanol–water partition coefficient (Wildman–Crippen LogP) is 5.47. The topological polar surface area (TPSA) is 143 Å². The van der Waals surface area contributed by atoms with Crippen LogP contribution < -0.4 is 21.3 Å². The number of hydrogen-bond acceptors (Lipinski definition) is 6. The van der Waals surface area contributed by atoms with E-state index in [0.717, 1.165) is 38.5 Å². The van der Waals surface area contributed by atoms with Crippen molar-refractivity contribution in [3.05, 3.63) is 0 Å². The Morgan fingerprint density at radius 1 is 0.614 bits per heavy atom. The van der Waals surface area contributed by atoms with Crippen molar-refractivity contribution in [2.75, 3.05) is 20.2 Å². The van der Waals surface area contributed by atoms with E-state index >= 15 is 0 Å². The highest BCUT2D eigenvalue weighted by Crippen LogP contribution is 2.10. The molecule has 0 aromatic heterocycles. The first-order chi connectivity index (χ1) is 21.1. The molecule has 0 radical (unpaired) electrons. The lowest BCUT2D eigenvalue weighted by atomic mass is 10.0. The van der Waals surface area contributed by atoms with Crippen LogP contribution in [0.1, 0.15) is 150 Å². The lowest BCUT2D eigenvalue weighted by Crippen LogP contribution is -2.54. The van der Waals surface area contributed by atoms with Gasteiger partial charge in [-0.3, -0.25) is 24.0 Å². The van der Waals surface area contributed by atoms with Gasteiger partial charge >= 0.3 is 5.97 Å². The Bertz CT molecular complexity index is 805. The highest BCUT2D eigenvalue weighted by atomic mass is 16.5. The van der Waals surface area contributed by atoms with Gasteiger partial charge in [-0.1, -0.05) is 105 Å². The summed E-state index contributed by atoms with van der Waals surface area (Å²) < 4.78 is 4.81. The lowest BCUT2D eigenvalue weighted by Gasteiger charge is -2.25. The molecule has 10 heteroatoms. The smallest absolute Gasteiger partial charge is 0.307 e. The quantitative estimate of drug-likeness (QED) is 0.0672. The number of rotatable bonds is 28. The number of methoxy groups -OCH3 is 1. The zero-order valence-corrected chi connectivity index (χ0v) is 28.5. The van der Waals surface area contributed by atoms with E-state index in [1.807, 2.05) is 13.8 Å². The van der Waals surface area contributed by atoms with E-state index in [1.165, 1.54) is 58.5 Å². The number of carbonyl (C=O) groups excluding carboxylic acids is 5. The van der Waals surface area contributed by atoms with E-state index in [1.54, 1.807) is 0 Å². The van der Waals surface area contributed by atoms with Crippen molar-refractivity contribution in [2.24, 2.45) is 5.92 Å². The molecular formula is C34H64N4O6. The second kappa shape index (κ2) is 27.9. The number of amides is 4. The third-order valence-electron chi connectivity index (χ3n) is 7.77. The van der Waals surface area contributed by atoms with Gasteiger partial charge in [-0.2, -0.15) is 0 Å². The van der Waals surface area contributed by atoms with Crippen molar-refractivity contribution in [1.82, 2.24) is 21.3 Å². The fourth-order valence-corrected chi connectivity index (χ4v) is 4.98. The van der Waals surface area contributed by atoms with Gasteiger partial charge in [0.05, 0.1) is 20.1 Å². The van der Waals surface area contributed by atoms with Crippen LogP contribution in [0.4, 0.5) is 0 Å². The minimum Gasteiger partial charge on any atom is -0.469 e. The largest absolute Gasteiger partial charge is 0.469 e. The summed E-state index contributed by atoms with van der Waals surface area (Å²) in [4.78, 5) is 62.0.